The Morgan fingerprint density at radius 2 is 2.00 bits per heavy atom. The molecule has 0 aliphatic carbocycles. The number of hydrogen-bond donors (Lipinski definition) is 2. The molecule has 4 aromatic rings. The zero-order valence-corrected chi connectivity index (χ0v) is 16.5. The van der Waals surface area contributed by atoms with Crippen LogP contribution in [-0.2, 0) is 16.0 Å². The van der Waals surface area contributed by atoms with Gasteiger partial charge in [-0.1, -0.05) is 18.2 Å². The van der Waals surface area contributed by atoms with Gasteiger partial charge in [-0.3, -0.25) is 9.59 Å². The highest BCUT2D eigenvalue weighted by atomic mass is 16.5. The quantitative estimate of drug-likeness (QED) is 0.369. The number of quaternary nitrogens is 1. The van der Waals surface area contributed by atoms with Crippen molar-refractivity contribution in [2.45, 2.75) is 25.4 Å². The molecule has 0 radical (unpaired) electrons. The van der Waals surface area contributed by atoms with Crippen molar-refractivity contribution < 1.29 is 29.2 Å². The fourth-order valence-electron chi connectivity index (χ4n) is 4.31. The number of ether oxygens (including phenoxy) is 1. The first kappa shape index (κ1) is 19.1. The number of aliphatic carboxylic acids is 1. The maximum atomic E-state index is 13.3. The smallest absolute Gasteiger partial charge is 0.308 e. The molecule has 0 bridgehead atoms. The third kappa shape index (κ3) is 3.17. The molecular formula is C23H18N2O6. The van der Waals surface area contributed by atoms with E-state index in [0.717, 1.165) is 22.2 Å². The molecular weight excluding hydrogens is 400 g/mol. The number of carboxylic acid groups (broad SMARTS) is 1. The average Bonchev–Trinajstić information content (AvgIpc) is 3.12. The molecule has 8 heteroatoms. The normalized spacial score (nSPS) is 18.1. The number of carboxylic acids is 1. The van der Waals surface area contributed by atoms with Crippen molar-refractivity contribution >= 4 is 33.8 Å². The second-order valence-corrected chi connectivity index (χ2v) is 7.63. The van der Waals surface area contributed by atoms with Gasteiger partial charge in [0.2, 0.25) is 5.43 Å². The van der Waals surface area contributed by atoms with E-state index in [1.807, 2.05) is 24.3 Å². The van der Waals surface area contributed by atoms with Gasteiger partial charge in [-0.2, -0.15) is 0 Å². The zero-order chi connectivity index (χ0) is 21.7. The number of nitrogens with one attached hydrogen (secondary N) is 1. The summed E-state index contributed by atoms with van der Waals surface area (Å²) in [6.45, 7) is 1.29. The molecule has 8 nitrogen and oxygen atoms in total. The highest BCUT2D eigenvalue weighted by Gasteiger charge is 2.36. The number of fused-ring (bicyclic) bond motifs is 4. The summed E-state index contributed by atoms with van der Waals surface area (Å²) < 4.78 is 10.7. The topological polar surface area (TPSA) is 129 Å². The summed E-state index contributed by atoms with van der Waals surface area (Å²) in [6, 6.07) is 10.7. The first-order valence-electron chi connectivity index (χ1n) is 9.81. The molecule has 0 amide bonds. The molecule has 2 aromatic carbocycles. The third-order valence-electron chi connectivity index (χ3n) is 5.68. The molecule has 3 heterocycles. The fourth-order valence-corrected chi connectivity index (χ4v) is 4.31. The van der Waals surface area contributed by atoms with Crippen LogP contribution in [0.25, 0.3) is 21.9 Å². The van der Waals surface area contributed by atoms with Crippen molar-refractivity contribution in [1.82, 2.24) is 4.98 Å². The molecule has 3 N–H and O–H groups in total. The number of esters is 1. The lowest BCUT2D eigenvalue weighted by molar-refractivity contribution is -0.717. The number of H-pyrrole nitrogens is 1. The van der Waals surface area contributed by atoms with E-state index in [1.165, 1.54) is 31.4 Å². The van der Waals surface area contributed by atoms with E-state index in [9.17, 15) is 19.5 Å². The Kier molecular flexibility index (Phi) is 4.37. The minimum Gasteiger partial charge on any atom is -0.544 e. The second kappa shape index (κ2) is 7.10. The molecule has 5 rings (SSSR count). The highest BCUT2D eigenvalue weighted by Crippen LogP contribution is 2.31. The molecule has 0 fully saturated rings. The van der Waals surface area contributed by atoms with E-state index < -0.39 is 24.0 Å². The van der Waals surface area contributed by atoms with Crippen molar-refractivity contribution in [3.63, 3.8) is 0 Å². The van der Waals surface area contributed by atoms with Gasteiger partial charge in [0.05, 0.1) is 22.6 Å². The number of hydrogen-bond acceptors (Lipinski definition) is 6. The number of carbonyl (C=O) groups excluding carboxylic acids is 2. The first-order valence-corrected chi connectivity index (χ1v) is 9.81. The van der Waals surface area contributed by atoms with E-state index >= 15 is 0 Å². The van der Waals surface area contributed by atoms with Crippen LogP contribution < -0.4 is 20.6 Å². The van der Waals surface area contributed by atoms with Crippen LogP contribution in [0, 0.1) is 0 Å². The fraction of sp³-hybridized carbons (Fsp3) is 0.174. The van der Waals surface area contributed by atoms with Gasteiger partial charge in [0.25, 0.3) is 0 Å². The van der Waals surface area contributed by atoms with Crippen LogP contribution in [0.15, 0.2) is 57.9 Å². The predicted octanol–water partition coefficient (Wildman–Crippen LogP) is 0.527. The molecule has 0 spiro atoms. The van der Waals surface area contributed by atoms with Gasteiger partial charge in [0.1, 0.15) is 23.6 Å². The van der Waals surface area contributed by atoms with Crippen molar-refractivity contribution in [1.29, 1.82) is 0 Å². The predicted molar refractivity (Wildman–Crippen MR) is 108 cm³/mol. The van der Waals surface area contributed by atoms with Gasteiger partial charge < -0.3 is 29.4 Å². The Morgan fingerprint density at radius 3 is 2.77 bits per heavy atom. The lowest BCUT2D eigenvalue weighted by Gasteiger charge is -2.28. The molecule has 156 valence electrons. The summed E-state index contributed by atoms with van der Waals surface area (Å²) in [5, 5.41) is 14.6. The molecule has 0 saturated carbocycles. The van der Waals surface area contributed by atoms with Gasteiger partial charge in [-0.15, -0.1) is 0 Å². The Balaban J connectivity index is 1.67. The number of rotatable bonds is 3. The largest absolute Gasteiger partial charge is 0.544 e. The summed E-state index contributed by atoms with van der Waals surface area (Å²) in [4.78, 5) is 39.5. The summed E-state index contributed by atoms with van der Waals surface area (Å²) in [5.74, 6) is -1.39. The minimum atomic E-state index is -1.18. The van der Waals surface area contributed by atoms with E-state index in [-0.39, 0.29) is 16.8 Å². The molecule has 1 aliphatic rings. The number of para-hydroxylation sites is 1. The van der Waals surface area contributed by atoms with Crippen LogP contribution in [0.4, 0.5) is 0 Å². The Bertz CT molecular complexity index is 1420. The van der Waals surface area contributed by atoms with Gasteiger partial charge in [-0.05, 0) is 23.8 Å². The lowest BCUT2D eigenvalue weighted by atomic mass is 9.90. The second-order valence-electron chi connectivity index (χ2n) is 7.63. The summed E-state index contributed by atoms with van der Waals surface area (Å²) in [7, 11) is 0. The Labute approximate surface area is 175 Å². The van der Waals surface area contributed by atoms with Crippen molar-refractivity contribution in [2.24, 2.45) is 0 Å². The van der Waals surface area contributed by atoms with Crippen molar-refractivity contribution in [3.05, 3.63) is 75.8 Å². The maximum Gasteiger partial charge on any atom is 0.308 e. The number of carbonyl (C=O) groups is 2. The Morgan fingerprint density at radius 1 is 1.19 bits per heavy atom. The number of nitrogens with two attached hydrogens (primary N) is 1. The van der Waals surface area contributed by atoms with Crippen LogP contribution in [-0.4, -0.2) is 23.0 Å². The van der Waals surface area contributed by atoms with E-state index in [1.54, 1.807) is 5.32 Å². The summed E-state index contributed by atoms with van der Waals surface area (Å²) >= 11 is 0. The van der Waals surface area contributed by atoms with Crippen LogP contribution >= 0.6 is 0 Å². The van der Waals surface area contributed by atoms with Crippen LogP contribution in [0.3, 0.4) is 0 Å². The van der Waals surface area contributed by atoms with Gasteiger partial charge in [0.15, 0.2) is 6.04 Å². The number of benzene rings is 2. The average molecular weight is 418 g/mol. The maximum absolute atomic E-state index is 13.3. The van der Waals surface area contributed by atoms with Crippen LogP contribution in [0.1, 0.15) is 29.8 Å². The molecule has 1 aliphatic heterocycles. The monoisotopic (exact) mass is 418 g/mol. The molecule has 31 heavy (non-hydrogen) atoms. The highest BCUT2D eigenvalue weighted by molar-refractivity contribution is 5.86. The Hall–Kier alpha value is -3.91. The zero-order valence-electron chi connectivity index (χ0n) is 16.5. The molecule has 0 saturated heterocycles. The third-order valence-corrected chi connectivity index (χ3v) is 5.68. The van der Waals surface area contributed by atoms with Gasteiger partial charge in [0, 0.05) is 30.3 Å². The van der Waals surface area contributed by atoms with Crippen LogP contribution in [0.5, 0.6) is 5.75 Å². The number of aromatic amines is 1. The van der Waals surface area contributed by atoms with E-state index in [2.05, 4.69) is 4.98 Å². The number of aromatic nitrogens is 1. The summed E-state index contributed by atoms with van der Waals surface area (Å²) in [5.41, 5.74) is 2.84. The first-order chi connectivity index (χ1) is 14.9. The van der Waals surface area contributed by atoms with Gasteiger partial charge in [-0.25, -0.2) is 0 Å². The van der Waals surface area contributed by atoms with Crippen LogP contribution in [0.2, 0.25) is 0 Å². The lowest BCUT2D eigenvalue weighted by Crippen LogP contribution is -2.96. The summed E-state index contributed by atoms with van der Waals surface area (Å²) in [6.07, 6.45) is 1.64. The van der Waals surface area contributed by atoms with Crippen molar-refractivity contribution in [2.75, 3.05) is 0 Å². The van der Waals surface area contributed by atoms with Gasteiger partial charge >= 0.3 is 5.97 Å². The molecule has 0 unspecified atom stereocenters. The minimum absolute atomic E-state index is 0.273. The molecule has 2 aromatic heterocycles. The SMILES string of the molecule is CC(=O)Oc1ccc2c(=O)c([C@@H]3[NH2+][C@H](C(=O)[O-])Cc4c3[nH]c3ccccc43)coc2c1. The standard InChI is InChI=1S/C23H18N2O6/c1-11(26)31-12-6-7-14-19(8-12)30-10-16(22(14)27)21-20-15(9-18(25-21)23(28)29)13-4-2-3-5-17(13)24-20/h2-8,10,18,21,24-25H,9H2,1H3,(H,28,29)/t18-,21-/m0/s1. The van der Waals surface area contributed by atoms with Crippen molar-refractivity contribution in [3.8, 4) is 5.75 Å². The van der Waals surface area contributed by atoms with E-state index in [4.69, 9.17) is 9.15 Å². The molecule has 2 atom stereocenters. The van der Waals surface area contributed by atoms with E-state index in [0.29, 0.717) is 17.4 Å².